The number of aromatic nitrogens is 4. The lowest BCUT2D eigenvalue weighted by molar-refractivity contribution is -0.142. The highest BCUT2D eigenvalue weighted by Crippen LogP contribution is 2.34. The number of benzene rings is 1. The molecule has 0 spiro atoms. The number of hydrogen-bond donors (Lipinski definition) is 1. The number of rotatable bonds is 4. The largest absolute Gasteiger partial charge is 0.433 e. The van der Waals surface area contributed by atoms with Crippen LogP contribution in [0.3, 0.4) is 0 Å². The van der Waals surface area contributed by atoms with Gasteiger partial charge in [-0.1, -0.05) is 35.3 Å². The van der Waals surface area contributed by atoms with Gasteiger partial charge in [0.25, 0.3) is 5.91 Å². The predicted molar refractivity (Wildman–Crippen MR) is 109 cm³/mol. The monoisotopic (exact) mass is 465 g/mol. The van der Waals surface area contributed by atoms with Crippen LogP contribution >= 0.6 is 23.2 Å². The van der Waals surface area contributed by atoms with Gasteiger partial charge >= 0.3 is 6.18 Å². The fourth-order valence-electron chi connectivity index (χ4n) is 2.87. The van der Waals surface area contributed by atoms with Gasteiger partial charge in [0.05, 0.1) is 15.7 Å². The maximum absolute atomic E-state index is 13.7. The van der Waals surface area contributed by atoms with Crippen LogP contribution in [0.5, 0.6) is 0 Å². The third-order valence-electron chi connectivity index (χ3n) is 4.34. The second kappa shape index (κ2) is 8.16. The highest BCUT2D eigenvalue weighted by atomic mass is 35.5. The average Bonchev–Trinajstić information content (AvgIpc) is 3.17. The molecule has 158 valence electrons. The number of amides is 1. The van der Waals surface area contributed by atoms with E-state index in [1.165, 1.54) is 24.3 Å². The molecule has 6 nitrogen and oxygen atoms in total. The molecule has 3 aromatic heterocycles. The molecular weight excluding hydrogens is 454 g/mol. The Labute approximate surface area is 183 Å². The Morgan fingerprint density at radius 2 is 1.90 bits per heavy atom. The molecule has 0 saturated carbocycles. The number of carbonyl (C=O) groups excluding carboxylic acids is 1. The summed E-state index contributed by atoms with van der Waals surface area (Å²) < 4.78 is 41.7. The van der Waals surface area contributed by atoms with Crippen LogP contribution in [0.1, 0.15) is 21.7 Å². The van der Waals surface area contributed by atoms with Crippen molar-refractivity contribution in [2.45, 2.75) is 12.7 Å². The first-order valence-electron chi connectivity index (χ1n) is 8.83. The molecule has 0 aliphatic heterocycles. The van der Waals surface area contributed by atoms with Crippen molar-refractivity contribution >= 4 is 34.8 Å². The van der Waals surface area contributed by atoms with Gasteiger partial charge in [0.1, 0.15) is 0 Å². The van der Waals surface area contributed by atoms with Crippen molar-refractivity contribution in [2.75, 3.05) is 0 Å². The van der Waals surface area contributed by atoms with Crippen molar-refractivity contribution in [2.24, 2.45) is 0 Å². The first kappa shape index (κ1) is 21.1. The number of carbonyl (C=O) groups is 1. The minimum Gasteiger partial charge on any atom is -0.347 e. The van der Waals surface area contributed by atoms with Crippen LogP contribution in [0.25, 0.3) is 16.9 Å². The Balaban J connectivity index is 1.73. The lowest BCUT2D eigenvalue weighted by Crippen LogP contribution is -2.23. The minimum absolute atomic E-state index is 0.0145. The Hall–Kier alpha value is -3.17. The average molecular weight is 466 g/mol. The summed E-state index contributed by atoms with van der Waals surface area (Å²) in [6.07, 6.45) is -1.58. The molecule has 1 amide bonds. The highest BCUT2D eigenvalue weighted by molar-refractivity contribution is 6.42. The number of nitrogens with one attached hydrogen (secondary N) is 1. The van der Waals surface area contributed by atoms with Gasteiger partial charge in [-0.15, -0.1) is 0 Å². The van der Waals surface area contributed by atoms with Gasteiger partial charge in [-0.25, -0.2) is 9.50 Å². The van der Waals surface area contributed by atoms with Crippen molar-refractivity contribution in [3.05, 3.63) is 81.9 Å². The summed E-state index contributed by atoms with van der Waals surface area (Å²) in [5.74, 6) is -0.640. The topological polar surface area (TPSA) is 72.2 Å². The third kappa shape index (κ3) is 4.47. The van der Waals surface area contributed by atoms with E-state index in [0.717, 1.165) is 11.6 Å². The van der Waals surface area contributed by atoms with Crippen molar-refractivity contribution < 1.29 is 18.0 Å². The normalized spacial score (nSPS) is 11.6. The van der Waals surface area contributed by atoms with Crippen LogP contribution in [-0.2, 0) is 12.7 Å². The Bertz CT molecular complexity index is 1280. The van der Waals surface area contributed by atoms with Crippen LogP contribution < -0.4 is 5.32 Å². The van der Waals surface area contributed by atoms with E-state index < -0.39 is 17.8 Å². The number of alkyl halides is 3. The molecule has 0 bridgehead atoms. The lowest BCUT2D eigenvalue weighted by atomic mass is 10.1. The van der Waals surface area contributed by atoms with E-state index in [9.17, 15) is 18.0 Å². The molecule has 0 saturated heterocycles. The summed E-state index contributed by atoms with van der Waals surface area (Å²) >= 11 is 11.9. The first-order valence-corrected chi connectivity index (χ1v) is 9.58. The van der Waals surface area contributed by atoms with E-state index in [1.54, 1.807) is 24.5 Å². The standard InChI is InChI=1S/C20H12Cl2F3N5O/c21-13-4-3-12(6-14(13)22)15-7-17(20(23,24)25)30-18(28-15)8-16(29-30)19(31)27-10-11-2-1-5-26-9-11/h1-9H,10H2,(H,27,31). The van der Waals surface area contributed by atoms with Crippen LogP contribution in [0.15, 0.2) is 54.9 Å². The van der Waals surface area contributed by atoms with Crippen LogP contribution in [0.4, 0.5) is 13.2 Å². The molecule has 1 aromatic carbocycles. The maximum atomic E-state index is 13.7. The summed E-state index contributed by atoms with van der Waals surface area (Å²) in [4.78, 5) is 20.6. The molecule has 31 heavy (non-hydrogen) atoms. The van der Waals surface area contributed by atoms with Gasteiger partial charge < -0.3 is 5.32 Å². The van der Waals surface area contributed by atoms with Crippen LogP contribution in [0.2, 0.25) is 10.0 Å². The molecule has 0 unspecified atom stereocenters. The van der Waals surface area contributed by atoms with Crippen LogP contribution in [0, 0.1) is 0 Å². The molecule has 0 atom stereocenters. The third-order valence-corrected chi connectivity index (χ3v) is 5.08. The second-order valence-electron chi connectivity index (χ2n) is 6.50. The zero-order valence-electron chi connectivity index (χ0n) is 15.5. The van der Waals surface area contributed by atoms with Gasteiger partial charge in [0.2, 0.25) is 0 Å². The fraction of sp³-hybridized carbons (Fsp3) is 0.100. The predicted octanol–water partition coefficient (Wildman–Crippen LogP) is 5.05. The van der Waals surface area contributed by atoms with Crippen molar-refractivity contribution in [3.8, 4) is 11.3 Å². The van der Waals surface area contributed by atoms with Gasteiger partial charge in [0, 0.05) is 30.6 Å². The van der Waals surface area contributed by atoms with Crippen molar-refractivity contribution in [1.29, 1.82) is 0 Å². The van der Waals surface area contributed by atoms with Gasteiger partial charge in [-0.2, -0.15) is 18.3 Å². The number of nitrogens with zero attached hydrogens (tertiary/aromatic N) is 4. The summed E-state index contributed by atoms with van der Waals surface area (Å²) in [5.41, 5.74) is -0.331. The second-order valence-corrected chi connectivity index (χ2v) is 7.31. The van der Waals surface area contributed by atoms with E-state index in [0.29, 0.717) is 10.1 Å². The van der Waals surface area contributed by atoms with Crippen molar-refractivity contribution in [3.63, 3.8) is 0 Å². The zero-order chi connectivity index (χ0) is 22.2. The molecule has 4 rings (SSSR count). The van der Waals surface area contributed by atoms with E-state index in [-0.39, 0.29) is 33.6 Å². The molecule has 4 aromatic rings. The molecule has 3 heterocycles. The van der Waals surface area contributed by atoms with E-state index in [2.05, 4.69) is 20.4 Å². The smallest absolute Gasteiger partial charge is 0.347 e. The van der Waals surface area contributed by atoms with Gasteiger partial charge in [-0.3, -0.25) is 9.78 Å². The zero-order valence-corrected chi connectivity index (χ0v) is 17.0. The highest BCUT2D eigenvalue weighted by Gasteiger charge is 2.35. The summed E-state index contributed by atoms with van der Waals surface area (Å²) in [6.45, 7) is 0.147. The summed E-state index contributed by atoms with van der Waals surface area (Å²) in [7, 11) is 0. The van der Waals surface area contributed by atoms with Crippen molar-refractivity contribution in [1.82, 2.24) is 24.9 Å². The number of fused-ring (bicyclic) bond motifs is 1. The number of halogens is 5. The summed E-state index contributed by atoms with van der Waals surface area (Å²) in [6, 6.07) is 9.88. The van der Waals surface area contributed by atoms with E-state index in [4.69, 9.17) is 23.2 Å². The molecule has 0 radical (unpaired) electrons. The van der Waals surface area contributed by atoms with Gasteiger partial charge in [-0.05, 0) is 29.8 Å². The molecule has 11 heteroatoms. The molecular formula is C20H12Cl2F3N5O. The van der Waals surface area contributed by atoms with Crippen LogP contribution in [-0.4, -0.2) is 25.5 Å². The Kier molecular flexibility index (Phi) is 5.55. The van der Waals surface area contributed by atoms with E-state index >= 15 is 0 Å². The summed E-state index contributed by atoms with van der Waals surface area (Å²) in [5, 5.41) is 6.86. The first-order chi connectivity index (χ1) is 14.7. The number of hydrogen-bond acceptors (Lipinski definition) is 4. The number of pyridine rings is 1. The minimum atomic E-state index is -4.73. The SMILES string of the molecule is O=C(NCc1cccnc1)c1cc2nc(-c3ccc(Cl)c(Cl)c3)cc(C(F)(F)F)n2n1. The van der Waals surface area contributed by atoms with E-state index in [1.807, 2.05) is 0 Å². The molecule has 0 aliphatic rings. The maximum Gasteiger partial charge on any atom is 0.433 e. The lowest BCUT2D eigenvalue weighted by Gasteiger charge is -2.11. The van der Waals surface area contributed by atoms with Gasteiger partial charge in [0.15, 0.2) is 17.0 Å². The molecule has 0 fully saturated rings. The Morgan fingerprint density at radius 1 is 1.10 bits per heavy atom. The molecule has 0 aliphatic carbocycles. The molecule has 1 N–H and O–H groups in total. The fourth-order valence-corrected chi connectivity index (χ4v) is 3.16. The quantitative estimate of drug-likeness (QED) is 0.457. The Morgan fingerprint density at radius 3 is 2.58 bits per heavy atom.